The number of rotatable bonds is 4. The fourth-order valence-corrected chi connectivity index (χ4v) is 3.58. The van der Waals surface area contributed by atoms with Gasteiger partial charge in [0.25, 0.3) is 0 Å². The molecule has 0 spiro atoms. The molecule has 6 heteroatoms. The lowest BCUT2D eigenvalue weighted by molar-refractivity contribution is 0.264. The number of anilines is 1. The topological polar surface area (TPSA) is 41.1 Å². The van der Waals surface area contributed by atoms with Crippen LogP contribution in [-0.2, 0) is 0 Å². The Balaban J connectivity index is 2.27. The van der Waals surface area contributed by atoms with Crippen LogP contribution in [0.15, 0.2) is 4.47 Å². The molecular weight excluding hydrogens is 324 g/mol. The van der Waals surface area contributed by atoms with Crippen LogP contribution in [0.2, 0.25) is 0 Å². The molecule has 1 aromatic rings. The summed E-state index contributed by atoms with van der Waals surface area (Å²) >= 11 is 5.56. The minimum Gasteiger partial charge on any atom is -0.369 e. The van der Waals surface area contributed by atoms with Gasteiger partial charge in [0, 0.05) is 24.6 Å². The number of hydrogen-bond donors (Lipinski definition) is 1. The first-order chi connectivity index (χ1) is 9.13. The number of nitrogens with one attached hydrogen (secondary N) is 1. The molecule has 2 heterocycles. The van der Waals surface area contributed by atoms with Gasteiger partial charge in [-0.25, -0.2) is 9.97 Å². The first-order valence-corrected chi connectivity index (χ1v) is 8.64. The summed E-state index contributed by atoms with van der Waals surface area (Å²) in [6.45, 7) is 6.22. The van der Waals surface area contributed by atoms with Gasteiger partial charge in [-0.15, -0.1) is 0 Å². The van der Waals surface area contributed by atoms with Crippen molar-refractivity contribution in [3.63, 3.8) is 0 Å². The second kappa shape index (κ2) is 6.90. The normalized spacial score (nSPS) is 20.5. The zero-order valence-electron chi connectivity index (χ0n) is 11.7. The minimum atomic E-state index is 0.327. The lowest BCUT2D eigenvalue weighted by Gasteiger charge is -2.31. The van der Waals surface area contributed by atoms with Crippen molar-refractivity contribution in [3.8, 4) is 0 Å². The predicted octanol–water partition coefficient (Wildman–Crippen LogP) is 3.09. The monoisotopic (exact) mass is 344 g/mol. The first kappa shape index (κ1) is 15.1. The standard InChI is InChI=1S/C13H21BrN4S/c1-4-5-15-13-11(14)9(2)16-12(17-13)10-8-19-7-6-18(10)3/h10H,4-8H2,1-3H3,(H,15,16,17). The summed E-state index contributed by atoms with van der Waals surface area (Å²) in [4.78, 5) is 11.7. The Morgan fingerprint density at radius 1 is 1.47 bits per heavy atom. The Hall–Kier alpha value is -0.330. The van der Waals surface area contributed by atoms with Gasteiger partial charge in [-0.05, 0) is 36.3 Å². The summed E-state index contributed by atoms with van der Waals surface area (Å²) in [6, 6.07) is 0.327. The van der Waals surface area contributed by atoms with Crippen LogP contribution in [0.3, 0.4) is 0 Å². The number of aryl methyl sites for hydroxylation is 1. The molecule has 1 atom stereocenters. The summed E-state index contributed by atoms with van der Waals surface area (Å²) in [5.41, 5.74) is 1.01. The first-order valence-electron chi connectivity index (χ1n) is 6.69. The zero-order valence-corrected chi connectivity index (χ0v) is 14.1. The Morgan fingerprint density at radius 3 is 2.95 bits per heavy atom. The fourth-order valence-electron chi connectivity index (χ4n) is 2.05. The molecule has 4 nitrogen and oxygen atoms in total. The van der Waals surface area contributed by atoms with E-state index < -0.39 is 0 Å². The van der Waals surface area contributed by atoms with Crippen LogP contribution in [0.5, 0.6) is 0 Å². The van der Waals surface area contributed by atoms with E-state index in [0.717, 1.165) is 47.1 Å². The maximum atomic E-state index is 4.72. The van der Waals surface area contributed by atoms with Crippen molar-refractivity contribution in [1.82, 2.24) is 14.9 Å². The highest BCUT2D eigenvalue weighted by Crippen LogP contribution is 2.30. The van der Waals surface area contributed by atoms with Gasteiger partial charge in [-0.3, -0.25) is 4.90 Å². The second-order valence-corrected chi connectivity index (χ2v) is 6.77. The second-order valence-electron chi connectivity index (χ2n) is 4.83. The molecule has 1 unspecified atom stereocenters. The van der Waals surface area contributed by atoms with Crippen LogP contribution < -0.4 is 5.32 Å². The molecule has 1 aliphatic heterocycles. The van der Waals surface area contributed by atoms with Gasteiger partial charge in [-0.2, -0.15) is 11.8 Å². The molecule has 1 saturated heterocycles. The van der Waals surface area contributed by atoms with Crippen molar-refractivity contribution in [3.05, 3.63) is 16.0 Å². The molecule has 1 N–H and O–H groups in total. The highest BCUT2D eigenvalue weighted by Gasteiger charge is 2.25. The zero-order chi connectivity index (χ0) is 13.8. The summed E-state index contributed by atoms with van der Waals surface area (Å²) < 4.78 is 0.982. The molecule has 1 aliphatic rings. The number of nitrogens with zero attached hydrogens (tertiary/aromatic N) is 3. The van der Waals surface area contributed by atoms with Gasteiger partial charge >= 0.3 is 0 Å². The Kier molecular flexibility index (Phi) is 5.47. The molecule has 0 saturated carbocycles. The minimum absolute atomic E-state index is 0.327. The van der Waals surface area contributed by atoms with E-state index in [2.05, 4.69) is 45.1 Å². The molecule has 1 aromatic heterocycles. The van der Waals surface area contributed by atoms with Gasteiger partial charge in [0.15, 0.2) is 0 Å². The van der Waals surface area contributed by atoms with Crippen LogP contribution in [0.25, 0.3) is 0 Å². The van der Waals surface area contributed by atoms with Crippen molar-refractivity contribution in [1.29, 1.82) is 0 Å². The van der Waals surface area contributed by atoms with Crippen molar-refractivity contribution in [2.45, 2.75) is 26.3 Å². The Bertz CT molecular complexity index is 441. The smallest absolute Gasteiger partial charge is 0.149 e. The van der Waals surface area contributed by atoms with Crippen LogP contribution >= 0.6 is 27.7 Å². The van der Waals surface area contributed by atoms with Crippen molar-refractivity contribution >= 4 is 33.5 Å². The van der Waals surface area contributed by atoms with E-state index in [1.165, 1.54) is 5.75 Å². The lowest BCUT2D eigenvalue weighted by atomic mass is 10.2. The summed E-state index contributed by atoms with van der Waals surface area (Å²) in [6.07, 6.45) is 1.09. The van der Waals surface area contributed by atoms with Crippen molar-refractivity contribution in [2.24, 2.45) is 0 Å². The average molecular weight is 345 g/mol. The van der Waals surface area contributed by atoms with E-state index >= 15 is 0 Å². The van der Waals surface area contributed by atoms with Crippen LogP contribution in [0.4, 0.5) is 5.82 Å². The molecule has 0 amide bonds. The quantitative estimate of drug-likeness (QED) is 0.908. The third-order valence-electron chi connectivity index (χ3n) is 3.27. The van der Waals surface area contributed by atoms with Gasteiger partial charge in [0.05, 0.1) is 16.2 Å². The Morgan fingerprint density at radius 2 is 2.26 bits per heavy atom. The molecule has 0 radical (unpaired) electrons. The summed E-state index contributed by atoms with van der Waals surface area (Å²) in [5.74, 6) is 4.14. The highest BCUT2D eigenvalue weighted by atomic mass is 79.9. The van der Waals surface area contributed by atoms with E-state index in [1.54, 1.807) is 0 Å². The van der Waals surface area contributed by atoms with E-state index in [0.29, 0.717) is 6.04 Å². The number of halogens is 1. The van der Waals surface area contributed by atoms with E-state index in [1.807, 2.05) is 18.7 Å². The number of aromatic nitrogens is 2. The Labute approximate surface area is 127 Å². The molecule has 0 bridgehead atoms. The van der Waals surface area contributed by atoms with E-state index in [9.17, 15) is 0 Å². The highest BCUT2D eigenvalue weighted by molar-refractivity contribution is 9.10. The van der Waals surface area contributed by atoms with Gasteiger partial charge < -0.3 is 5.32 Å². The van der Waals surface area contributed by atoms with Crippen LogP contribution in [0.1, 0.15) is 30.9 Å². The van der Waals surface area contributed by atoms with E-state index in [-0.39, 0.29) is 0 Å². The van der Waals surface area contributed by atoms with Crippen molar-refractivity contribution in [2.75, 3.05) is 37.0 Å². The number of hydrogen-bond acceptors (Lipinski definition) is 5. The lowest BCUT2D eigenvalue weighted by Crippen LogP contribution is -2.34. The van der Waals surface area contributed by atoms with Gasteiger partial charge in [0.2, 0.25) is 0 Å². The molecule has 19 heavy (non-hydrogen) atoms. The van der Waals surface area contributed by atoms with Crippen molar-refractivity contribution < 1.29 is 0 Å². The summed E-state index contributed by atoms with van der Waals surface area (Å²) in [7, 11) is 2.16. The average Bonchev–Trinajstić information content (AvgIpc) is 2.41. The molecule has 0 aromatic carbocycles. The molecular formula is C13H21BrN4S. The SMILES string of the molecule is CCCNc1nc(C2CSCCN2C)nc(C)c1Br. The number of thioether (sulfide) groups is 1. The van der Waals surface area contributed by atoms with E-state index in [4.69, 9.17) is 4.98 Å². The third-order valence-corrected chi connectivity index (χ3v) is 5.24. The third kappa shape index (κ3) is 3.61. The fraction of sp³-hybridized carbons (Fsp3) is 0.692. The van der Waals surface area contributed by atoms with Gasteiger partial charge in [0.1, 0.15) is 11.6 Å². The molecule has 1 fully saturated rings. The van der Waals surface area contributed by atoms with Crippen LogP contribution in [0, 0.1) is 6.92 Å². The van der Waals surface area contributed by atoms with Gasteiger partial charge in [-0.1, -0.05) is 6.92 Å². The largest absolute Gasteiger partial charge is 0.369 e. The maximum absolute atomic E-state index is 4.72. The summed E-state index contributed by atoms with van der Waals surface area (Å²) in [5, 5.41) is 3.37. The predicted molar refractivity (Wildman–Crippen MR) is 85.9 cm³/mol. The molecule has 106 valence electrons. The van der Waals surface area contributed by atoms with Crippen LogP contribution in [-0.4, -0.2) is 46.5 Å². The maximum Gasteiger partial charge on any atom is 0.149 e. The molecule has 0 aliphatic carbocycles. The molecule has 2 rings (SSSR count).